The van der Waals surface area contributed by atoms with Gasteiger partial charge < -0.3 is 20.2 Å². The van der Waals surface area contributed by atoms with Crippen molar-refractivity contribution in [3.8, 4) is 11.1 Å². The Morgan fingerprint density at radius 3 is 2.53 bits per heavy atom. The lowest BCUT2D eigenvalue weighted by Crippen LogP contribution is -2.26. The van der Waals surface area contributed by atoms with E-state index in [1.54, 1.807) is 22.9 Å². The molecule has 34 heavy (non-hydrogen) atoms. The Balaban J connectivity index is 1.89. The average Bonchev–Trinajstić information content (AvgIpc) is 3.22. The van der Waals surface area contributed by atoms with Crippen molar-refractivity contribution in [2.75, 3.05) is 0 Å². The van der Waals surface area contributed by atoms with E-state index in [-0.39, 0.29) is 42.7 Å². The molecule has 0 amide bonds. The number of rotatable bonds is 6. The van der Waals surface area contributed by atoms with Gasteiger partial charge in [-0.25, -0.2) is 13.6 Å². The summed E-state index contributed by atoms with van der Waals surface area (Å²) in [5, 5.41) is 27.9. The van der Waals surface area contributed by atoms with Gasteiger partial charge in [-0.3, -0.25) is 4.98 Å². The molecule has 6 nitrogen and oxygen atoms in total. The standard InChI is InChI=1S/C26H27F2N3O3/c1-15(29)23(16(2)32)20-11-22-24(30-12-20)21(18-3-5-19(6-4-18)25(33)34)14-31(22)13-17-7-9-26(27,28)10-8-17/h3-6,11-12,14,17,29,32H,7-10,13H2,1-2H3,(H,33,34)/b23-16+,29-15?/i1D3,2D3. The van der Waals surface area contributed by atoms with Gasteiger partial charge in [0.15, 0.2) is 0 Å². The molecule has 3 N–H and O–H groups in total. The number of aliphatic hydroxyl groups excluding tert-OH is 1. The monoisotopic (exact) mass is 473 g/mol. The molecule has 0 spiro atoms. The van der Waals surface area contributed by atoms with E-state index in [4.69, 9.17) is 13.6 Å². The predicted molar refractivity (Wildman–Crippen MR) is 128 cm³/mol. The number of pyridine rings is 1. The summed E-state index contributed by atoms with van der Waals surface area (Å²) in [5.41, 5.74) is 0.207. The number of aliphatic hydroxyl groups is 1. The number of hydrogen-bond acceptors (Lipinski definition) is 4. The van der Waals surface area contributed by atoms with Gasteiger partial charge in [-0.15, -0.1) is 0 Å². The lowest BCUT2D eigenvalue weighted by Gasteiger charge is -2.28. The molecule has 8 heteroatoms. The molecule has 0 bridgehead atoms. The van der Waals surface area contributed by atoms with E-state index >= 15 is 0 Å². The van der Waals surface area contributed by atoms with Crippen LogP contribution < -0.4 is 0 Å². The number of nitrogens with zero attached hydrogens (tertiary/aromatic N) is 2. The summed E-state index contributed by atoms with van der Waals surface area (Å²) in [6.45, 7) is -5.82. The third kappa shape index (κ3) is 4.71. The number of fused-ring (bicyclic) bond motifs is 1. The van der Waals surface area contributed by atoms with Crippen molar-refractivity contribution in [1.82, 2.24) is 9.55 Å². The number of allylic oxidation sites excluding steroid dienone is 2. The fraction of sp³-hybridized carbons (Fsp3) is 0.346. The minimum atomic E-state index is -3.10. The largest absolute Gasteiger partial charge is 0.512 e. The van der Waals surface area contributed by atoms with Crippen LogP contribution in [0.5, 0.6) is 0 Å². The topological polar surface area (TPSA) is 99.2 Å². The molecule has 1 aliphatic rings. The summed E-state index contributed by atoms with van der Waals surface area (Å²) in [4.78, 5) is 15.7. The molecule has 4 rings (SSSR count). The SMILES string of the molecule is [2H]C([2H])([2H])C(=N)/C(=C(\O)C([2H])([2H])[2H])c1cnc2c(-c3ccc(C(=O)O)cc3)cn(CC3CCC(F)(F)CC3)c2c1. The number of benzene rings is 1. The fourth-order valence-corrected chi connectivity index (χ4v) is 4.42. The number of halogens is 2. The van der Waals surface area contributed by atoms with Gasteiger partial charge >= 0.3 is 5.97 Å². The summed E-state index contributed by atoms with van der Waals surface area (Å²) in [6, 6.07) is 7.45. The number of hydrogen-bond donors (Lipinski definition) is 3. The smallest absolute Gasteiger partial charge is 0.335 e. The highest BCUT2D eigenvalue weighted by atomic mass is 19.3. The quantitative estimate of drug-likeness (QED) is 0.279. The highest BCUT2D eigenvalue weighted by molar-refractivity contribution is 6.22. The molecule has 0 unspecified atom stereocenters. The number of aromatic carboxylic acids is 1. The van der Waals surface area contributed by atoms with Gasteiger partial charge in [0.2, 0.25) is 5.92 Å². The summed E-state index contributed by atoms with van der Waals surface area (Å²) >= 11 is 0. The Hall–Kier alpha value is -3.55. The maximum atomic E-state index is 13.8. The lowest BCUT2D eigenvalue weighted by atomic mass is 9.87. The first-order valence-electron chi connectivity index (χ1n) is 13.7. The molecule has 0 radical (unpaired) electrons. The third-order valence-corrected chi connectivity index (χ3v) is 6.23. The minimum absolute atomic E-state index is 0.0731. The van der Waals surface area contributed by atoms with Crippen LogP contribution in [-0.2, 0) is 6.54 Å². The van der Waals surface area contributed by atoms with Crippen LogP contribution in [0.15, 0.2) is 48.5 Å². The number of carboxylic acid groups (broad SMARTS) is 1. The second kappa shape index (κ2) is 9.00. The third-order valence-electron chi connectivity index (χ3n) is 6.23. The molecule has 1 aliphatic carbocycles. The summed E-state index contributed by atoms with van der Waals surface area (Å²) in [7, 11) is 0. The van der Waals surface area contributed by atoms with Crippen LogP contribution in [0.3, 0.4) is 0 Å². The Labute approximate surface area is 204 Å². The first-order valence-corrected chi connectivity index (χ1v) is 10.7. The van der Waals surface area contributed by atoms with E-state index < -0.39 is 42.6 Å². The Bertz CT molecular complexity index is 1480. The van der Waals surface area contributed by atoms with E-state index in [9.17, 15) is 23.8 Å². The van der Waals surface area contributed by atoms with Crippen LogP contribution in [-0.4, -0.2) is 37.4 Å². The van der Waals surface area contributed by atoms with E-state index in [2.05, 4.69) is 4.98 Å². The molecule has 2 heterocycles. The summed E-state index contributed by atoms with van der Waals surface area (Å²) < 4.78 is 75.0. The molecule has 0 aliphatic heterocycles. The van der Waals surface area contributed by atoms with Crippen LogP contribution in [0.2, 0.25) is 0 Å². The number of nitrogens with one attached hydrogen (secondary N) is 1. The molecule has 178 valence electrons. The van der Waals surface area contributed by atoms with Crippen molar-refractivity contribution >= 4 is 28.3 Å². The normalized spacial score (nSPS) is 20.3. The van der Waals surface area contributed by atoms with Gasteiger partial charge in [0.05, 0.1) is 22.4 Å². The maximum absolute atomic E-state index is 13.8. The first-order chi connectivity index (χ1) is 18.5. The summed E-state index contributed by atoms with van der Waals surface area (Å²) in [5.74, 6) is -5.18. The maximum Gasteiger partial charge on any atom is 0.335 e. The van der Waals surface area contributed by atoms with Crippen molar-refractivity contribution in [3.05, 3.63) is 59.6 Å². The fourth-order valence-electron chi connectivity index (χ4n) is 4.42. The van der Waals surface area contributed by atoms with Gasteiger partial charge in [-0.1, -0.05) is 12.1 Å². The van der Waals surface area contributed by atoms with E-state index in [1.165, 1.54) is 24.4 Å². The van der Waals surface area contributed by atoms with Crippen LogP contribution in [0.25, 0.3) is 27.7 Å². The molecule has 0 saturated heterocycles. The predicted octanol–water partition coefficient (Wildman–Crippen LogP) is 6.56. The van der Waals surface area contributed by atoms with E-state index in [1.807, 2.05) is 0 Å². The lowest BCUT2D eigenvalue weighted by molar-refractivity contribution is -0.0472. The number of aromatic nitrogens is 2. The van der Waals surface area contributed by atoms with Gasteiger partial charge in [0.1, 0.15) is 0 Å². The molecular weight excluding hydrogens is 440 g/mol. The van der Waals surface area contributed by atoms with Crippen LogP contribution >= 0.6 is 0 Å². The first kappa shape index (κ1) is 17.0. The van der Waals surface area contributed by atoms with Gasteiger partial charge in [0, 0.05) is 62.4 Å². The minimum Gasteiger partial charge on any atom is -0.512 e. The van der Waals surface area contributed by atoms with Crippen LogP contribution in [0, 0.1) is 11.3 Å². The molecular formula is C26H27F2N3O3. The van der Waals surface area contributed by atoms with Crippen molar-refractivity contribution in [1.29, 1.82) is 5.41 Å². The van der Waals surface area contributed by atoms with E-state index in [0.29, 0.717) is 28.7 Å². The van der Waals surface area contributed by atoms with Gasteiger partial charge in [-0.05, 0) is 56.2 Å². The highest BCUT2D eigenvalue weighted by Crippen LogP contribution is 2.38. The van der Waals surface area contributed by atoms with Crippen LogP contribution in [0.4, 0.5) is 8.78 Å². The zero-order valence-corrected chi connectivity index (χ0v) is 18.1. The summed E-state index contributed by atoms with van der Waals surface area (Å²) in [6.07, 6.45) is 2.94. The second-order valence-electron chi connectivity index (χ2n) is 8.57. The second-order valence-corrected chi connectivity index (χ2v) is 8.57. The molecule has 2 aromatic heterocycles. The van der Waals surface area contributed by atoms with Crippen LogP contribution in [0.1, 0.15) is 63.5 Å². The Morgan fingerprint density at radius 1 is 1.21 bits per heavy atom. The van der Waals surface area contributed by atoms with Gasteiger partial charge in [-0.2, -0.15) is 0 Å². The highest BCUT2D eigenvalue weighted by Gasteiger charge is 2.35. The van der Waals surface area contributed by atoms with Crippen molar-refractivity contribution in [2.45, 2.75) is 51.9 Å². The zero-order valence-electron chi connectivity index (χ0n) is 24.1. The molecule has 1 saturated carbocycles. The molecule has 3 aromatic rings. The van der Waals surface area contributed by atoms with Crippen molar-refractivity contribution in [3.63, 3.8) is 0 Å². The number of carboxylic acids is 1. The van der Waals surface area contributed by atoms with Gasteiger partial charge in [0.25, 0.3) is 0 Å². The molecule has 1 aromatic carbocycles. The Morgan fingerprint density at radius 2 is 1.91 bits per heavy atom. The number of alkyl halides is 2. The van der Waals surface area contributed by atoms with Crippen molar-refractivity contribution < 1.29 is 32.0 Å². The zero-order chi connectivity index (χ0) is 29.6. The number of carbonyl (C=O) groups is 1. The van der Waals surface area contributed by atoms with Crippen molar-refractivity contribution in [2.24, 2.45) is 5.92 Å². The van der Waals surface area contributed by atoms with E-state index in [0.717, 1.165) is 0 Å². The molecule has 0 atom stereocenters. The Kier molecular flexibility index (Phi) is 4.49. The average molecular weight is 474 g/mol. The molecule has 1 fully saturated rings.